The van der Waals surface area contributed by atoms with Gasteiger partial charge < -0.3 is 20.7 Å². The number of hydrogen-bond donors (Lipinski definition) is 3. The molecule has 0 aliphatic rings. The van der Waals surface area contributed by atoms with Crippen molar-refractivity contribution < 1.29 is 14.3 Å². The predicted molar refractivity (Wildman–Crippen MR) is 140 cm³/mol. The molecule has 2 amide bonds. The monoisotopic (exact) mass is 512 g/mol. The molecule has 1 atom stereocenters. The zero-order chi connectivity index (χ0) is 26.3. The third kappa shape index (κ3) is 7.87. The van der Waals surface area contributed by atoms with Crippen LogP contribution in [0.25, 0.3) is 10.4 Å². The Hall–Kier alpha value is -3.80. The molecule has 0 spiro atoms. The van der Waals surface area contributed by atoms with Gasteiger partial charge in [-0.3, -0.25) is 14.7 Å². The van der Waals surface area contributed by atoms with E-state index in [2.05, 4.69) is 35.9 Å². The summed E-state index contributed by atoms with van der Waals surface area (Å²) in [5.74, 6) is 1.53. The second-order valence-corrected chi connectivity index (χ2v) is 10.1. The summed E-state index contributed by atoms with van der Waals surface area (Å²) in [5.41, 5.74) is 0.418. The van der Waals surface area contributed by atoms with Crippen LogP contribution in [0.15, 0.2) is 36.8 Å². The highest BCUT2D eigenvalue weighted by atomic mass is 32.1. The van der Waals surface area contributed by atoms with Crippen LogP contribution < -0.4 is 16.0 Å². The molecule has 0 radical (unpaired) electrons. The van der Waals surface area contributed by atoms with E-state index in [1.807, 2.05) is 12.1 Å². The number of pyridine rings is 1. The molecule has 0 aliphatic carbocycles. The van der Waals surface area contributed by atoms with Gasteiger partial charge in [-0.2, -0.15) is 0 Å². The van der Waals surface area contributed by atoms with Gasteiger partial charge in [-0.15, -0.1) is 0 Å². The summed E-state index contributed by atoms with van der Waals surface area (Å²) in [7, 11) is 1.54. The molecule has 0 bridgehead atoms. The van der Waals surface area contributed by atoms with Crippen molar-refractivity contribution in [1.29, 1.82) is 0 Å². The van der Waals surface area contributed by atoms with Crippen molar-refractivity contribution in [3.63, 3.8) is 0 Å². The molecular formula is C24H32N8O3S. The highest BCUT2D eigenvalue weighted by Gasteiger charge is 2.26. The van der Waals surface area contributed by atoms with Gasteiger partial charge in [-0.05, 0) is 52.3 Å². The Bertz CT molecular complexity index is 1180. The van der Waals surface area contributed by atoms with Crippen molar-refractivity contribution in [3.8, 4) is 10.4 Å². The summed E-state index contributed by atoms with van der Waals surface area (Å²) < 4.78 is 5.31. The van der Waals surface area contributed by atoms with Gasteiger partial charge in [0.2, 0.25) is 5.91 Å². The number of hydrogen-bond acceptors (Lipinski definition) is 10. The standard InChI is InChI=1S/C24H32N8O3S/c1-15(32(6)23(34)35-24(3,4)5)21(33)27-12-11-26-19-13-20(30-16(2)29-19)31-22-28-14-18(36-22)17-7-9-25-10-8-17/h7-10,13-15H,11-12H2,1-6H3,(H,27,33)(H2,26,28,29,30,31)/t15-/m0/s1. The number of nitrogens with zero attached hydrogens (tertiary/aromatic N) is 5. The van der Waals surface area contributed by atoms with E-state index in [0.717, 1.165) is 10.4 Å². The molecule has 0 aromatic carbocycles. The minimum Gasteiger partial charge on any atom is -0.444 e. The third-order valence-corrected chi connectivity index (χ3v) is 5.88. The number of rotatable bonds is 9. The Morgan fingerprint density at radius 2 is 1.83 bits per heavy atom. The molecule has 0 saturated carbocycles. The fourth-order valence-corrected chi connectivity index (χ4v) is 3.83. The number of likely N-dealkylation sites (N-methyl/N-ethyl adjacent to an activating group) is 1. The van der Waals surface area contributed by atoms with Crippen LogP contribution in [0.1, 0.15) is 33.5 Å². The van der Waals surface area contributed by atoms with Crippen molar-refractivity contribution in [2.75, 3.05) is 30.8 Å². The van der Waals surface area contributed by atoms with Crippen molar-refractivity contribution in [2.45, 2.75) is 46.3 Å². The van der Waals surface area contributed by atoms with E-state index in [1.165, 1.54) is 23.3 Å². The molecule has 11 nitrogen and oxygen atoms in total. The largest absolute Gasteiger partial charge is 0.444 e. The summed E-state index contributed by atoms with van der Waals surface area (Å²) in [5, 5.41) is 9.93. The molecular weight excluding hydrogens is 480 g/mol. The fraction of sp³-hybridized carbons (Fsp3) is 0.417. The lowest BCUT2D eigenvalue weighted by molar-refractivity contribution is -0.125. The van der Waals surface area contributed by atoms with Crippen LogP contribution in [0, 0.1) is 6.92 Å². The van der Waals surface area contributed by atoms with Crippen LogP contribution in [-0.4, -0.2) is 68.6 Å². The molecule has 0 aliphatic heterocycles. The van der Waals surface area contributed by atoms with Crippen molar-refractivity contribution in [3.05, 3.63) is 42.6 Å². The normalized spacial score (nSPS) is 11.9. The van der Waals surface area contributed by atoms with Gasteiger partial charge in [-0.25, -0.2) is 19.7 Å². The predicted octanol–water partition coefficient (Wildman–Crippen LogP) is 3.83. The number of carbonyl (C=O) groups is 2. The first-order valence-electron chi connectivity index (χ1n) is 11.5. The zero-order valence-corrected chi connectivity index (χ0v) is 22.1. The number of amides is 2. The molecule has 3 heterocycles. The quantitative estimate of drug-likeness (QED) is 0.366. The van der Waals surface area contributed by atoms with Gasteiger partial charge in [0.1, 0.15) is 29.1 Å². The van der Waals surface area contributed by atoms with Gasteiger partial charge >= 0.3 is 6.09 Å². The number of anilines is 3. The lowest BCUT2D eigenvalue weighted by Crippen LogP contribution is -2.48. The van der Waals surface area contributed by atoms with E-state index in [0.29, 0.717) is 35.7 Å². The van der Waals surface area contributed by atoms with Crippen LogP contribution in [0.5, 0.6) is 0 Å². The average molecular weight is 513 g/mol. The maximum atomic E-state index is 12.4. The van der Waals surface area contributed by atoms with Crippen molar-refractivity contribution >= 4 is 40.1 Å². The minimum absolute atomic E-state index is 0.278. The maximum Gasteiger partial charge on any atom is 0.410 e. The van der Waals surface area contributed by atoms with Crippen LogP contribution in [-0.2, 0) is 9.53 Å². The second-order valence-electron chi connectivity index (χ2n) is 9.06. The topological polar surface area (TPSA) is 134 Å². The van der Waals surface area contributed by atoms with Crippen LogP contribution >= 0.6 is 11.3 Å². The summed E-state index contributed by atoms with van der Waals surface area (Å²) >= 11 is 1.51. The number of aryl methyl sites for hydroxylation is 1. The first-order valence-corrected chi connectivity index (χ1v) is 12.3. The first kappa shape index (κ1) is 26.8. The van der Waals surface area contributed by atoms with Crippen molar-refractivity contribution in [1.82, 2.24) is 30.2 Å². The summed E-state index contributed by atoms with van der Waals surface area (Å²) in [6, 6.07) is 4.97. The minimum atomic E-state index is -0.674. The van der Waals surface area contributed by atoms with Crippen LogP contribution in [0.3, 0.4) is 0 Å². The van der Waals surface area contributed by atoms with Crippen molar-refractivity contribution in [2.24, 2.45) is 0 Å². The Morgan fingerprint density at radius 3 is 2.53 bits per heavy atom. The van der Waals surface area contributed by atoms with E-state index in [4.69, 9.17) is 4.74 Å². The Labute approximate surface area is 214 Å². The van der Waals surface area contributed by atoms with E-state index in [-0.39, 0.29) is 5.91 Å². The molecule has 3 aromatic rings. The highest BCUT2D eigenvalue weighted by Crippen LogP contribution is 2.30. The van der Waals surface area contributed by atoms with Gasteiger partial charge in [0.05, 0.1) is 4.88 Å². The van der Waals surface area contributed by atoms with E-state index in [1.54, 1.807) is 59.3 Å². The first-order chi connectivity index (χ1) is 17.0. The average Bonchev–Trinajstić information content (AvgIpc) is 3.28. The highest BCUT2D eigenvalue weighted by molar-refractivity contribution is 7.18. The molecule has 0 unspecified atom stereocenters. The Morgan fingerprint density at radius 1 is 1.14 bits per heavy atom. The SMILES string of the molecule is Cc1nc(NCCNC(=O)[C@H](C)N(C)C(=O)OC(C)(C)C)cc(Nc2ncc(-c3ccncc3)s2)n1. The number of carbonyl (C=O) groups excluding carboxylic acids is 2. The number of ether oxygens (including phenoxy) is 1. The van der Waals surface area contributed by atoms with Gasteiger partial charge in [0, 0.05) is 44.8 Å². The van der Waals surface area contributed by atoms with E-state index < -0.39 is 17.7 Å². The molecule has 0 saturated heterocycles. The summed E-state index contributed by atoms with van der Waals surface area (Å²) in [6.45, 7) is 9.58. The molecule has 192 valence electrons. The Balaban J connectivity index is 1.50. The lowest BCUT2D eigenvalue weighted by atomic mass is 10.2. The third-order valence-electron chi connectivity index (χ3n) is 4.92. The molecule has 0 fully saturated rings. The summed E-state index contributed by atoms with van der Waals surface area (Å²) in [6.07, 6.45) is 4.75. The Kier molecular flexibility index (Phi) is 8.75. The molecule has 3 aromatic heterocycles. The lowest BCUT2D eigenvalue weighted by Gasteiger charge is -2.28. The second kappa shape index (κ2) is 11.8. The van der Waals surface area contributed by atoms with E-state index >= 15 is 0 Å². The van der Waals surface area contributed by atoms with Gasteiger partial charge in [0.25, 0.3) is 0 Å². The molecule has 3 N–H and O–H groups in total. The van der Waals surface area contributed by atoms with Gasteiger partial charge in [0.15, 0.2) is 5.13 Å². The van der Waals surface area contributed by atoms with E-state index in [9.17, 15) is 9.59 Å². The number of nitrogens with one attached hydrogen (secondary N) is 3. The number of aromatic nitrogens is 4. The van der Waals surface area contributed by atoms with Gasteiger partial charge in [-0.1, -0.05) is 11.3 Å². The van der Waals surface area contributed by atoms with Crippen LogP contribution in [0.4, 0.5) is 21.6 Å². The molecule has 36 heavy (non-hydrogen) atoms. The number of thiazole rings is 1. The smallest absolute Gasteiger partial charge is 0.410 e. The summed E-state index contributed by atoms with van der Waals surface area (Å²) in [4.78, 5) is 44.2. The molecule has 12 heteroatoms. The maximum absolute atomic E-state index is 12.4. The fourth-order valence-electron chi connectivity index (χ4n) is 3.01. The van der Waals surface area contributed by atoms with Crippen LogP contribution in [0.2, 0.25) is 0 Å². The zero-order valence-electron chi connectivity index (χ0n) is 21.3. The molecule has 3 rings (SSSR count).